The fraction of sp³-hybridized carbons (Fsp3) is 0.106. The molecule has 2 aliphatic carbocycles. The third-order valence-electron chi connectivity index (χ3n) is 22.1. The smallest absolute Gasteiger partial charge is 0.0361 e. The monoisotopic (exact) mass is 1260 g/mol. The molecule has 2 heteroatoms. The van der Waals surface area contributed by atoms with Crippen molar-refractivity contribution < 1.29 is 0 Å². The summed E-state index contributed by atoms with van der Waals surface area (Å²) in [6.07, 6.45) is 13.5. The van der Waals surface area contributed by atoms with Crippen LogP contribution in [0.5, 0.6) is 0 Å². The lowest BCUT2D eigenvalue weighted by Gasteiger charge is -2.22. The highest BCUT2D eigenvalue weighted by molar-refractivity contribution is 7.26. The van der Waals surface area contributed by atoms with Gasteiger partial charge in [-0.3, -0.25) is 0 Å². The molecule has 19 rings (SSSR count). The van der Waals surface area contributed by atoms with Gasteiger partial charge in [0, 0.05) is 51.2 Å². The van der Waals surface area contributed by atoms with E-state index in [1.165, 1.54) is 205 Å². The average Bonchev–Trinajstić information content (AvgIpc) is 1.50. The van der Waals surface area contributed by atoms with Crippen LogP contribution >= 0.6 is 22.7 Å². The fourth-order valence-corrected chi connectivity index (χ4v) is 19.4. The number of hydrogen-bond acceptors (Lipinski definition) is 2. The fourth-order valence-electron chi connectivity index (χ4n) is 17.1. The Morgan fingerprint density at radius 2 is 0.948 bits per heavy atom. The average molecular weight is 1260 g/mol. The van der Waals surface area contributed by atoms with E-state index in [4.69, 9.17) is 0 Å². The molecule has 456 valence electrons. The first kappa shape index (κ1) is 57.0. The van der Waals surface area contributed by atoms with E-state index >= 15 is 0 Å². The maximum Gasteiger partial charge on any atom is 0.0361 e. The van der Waals surface area contributed by atoms with Gasteiger partial charge in [-0.25, -0.2) is 0 Å². The summed E-state index contributed by atoms with van der Waals surface area (Å²) in [5.41, 5.74) is 21.1. The zero-order valence-electron chi connectivity index (χ0n) is 54.8. The molecule has 0 N–H and O–H groups in total. The Balaban J connectivity index is 0.592. The molecule has 17 aromatic rings. The number of fused-ring (bicyclic) bond motifs is 18. The standard InChI is InChI=1S/C94H68S2/c1-55(89-73-26-13-15-28-75(73)90(76-29-16-14-27-74(76)89)56(2)31-39-69-47-68-46-66-50-81-72-25-17-18-30-85(72)95-88(81)53-67(66)51-83(68)93(69,3)4)19-7-8-20-57-32-33-58-34-35-59(44-65(58)43-57)60-36-40-77-87(52-60)96-86-42-38-63-48-80-79-49-64(37-41-82(79)94(5,6)84(80)54-78(63)92(77)86)91-70-23-11-9-21-61(70)45-62-22-10-12-24-71(62)91/h7-19,21-46,48-54H,20,47H2,1-6H3/b8-7-,55-19+,56-31+,69-39+. The van der Waals surface area contributed by atoms with Gasteiger partial charge in [0.1, 0.15) is 0 Å². The summed E-state index contributed by atoms with van der Waals surface area (Å²) in [4.78, 5) is 0. The molecule has 15 aromatic carbocycles. The van der Waals surface area contributed by atoms with Crippen LogP contribution in [-0.2, 0) is 23.7 Å². The second-order valence-corrected chi connectivity index (χ2v) is 30.5. The van der Waals surface area contributed by atoms with Crippen LogP contribution in [0.3, 0.4) is 0 Å². The summed E-state index contributed by atoms with van der Waals surface area (Å²) in [6.45, 7) is 14.2. The van der Waals surface area contributed by atoms with Gasteiger partial charge in [-0.15, -0.1) is 22.7 Å². The van der Waals surface area contributed by atoms with Crippen LogP contribution in [0, 0.1) is 0 Å². The summed E-state index contributed by atoms with van der Waals surface area (Å²) in [5, 5.41) is 23.5. The van der Waals surface area contributed by atoms with E-state index in [1.54, 1.807) is 0 Å². The molecule has 0 amide bonds. The summed E-state index contributed by atoms with van der Waals surface area (Å²) in [5.74, 6) is 0. The van der Waals surface area contributed by atoms with Gasteiger partial charge < -0.3 is 0 Å². The molecular formula is C94H68S2. The second-order valence-electron chi connectivity index (χ2n) is 28.3. The molecule has 0 nitrogen and oxygen atoms in total. The van der Waals surface area contributed by atoms with Crippen LogP contribution in [0.2, 0.25) is 0 Å². The topological polar surface area (TPSA) is 0 Å². The van der Waals surface area contributed by atoms with Crippen LogP contribution in [-0.4, -0.2) is 0 Å². The molecule has 0 bridgehead atoms. The summed E-state index contributed by atoms with van der Waals surface area (Å²) >= 11 is 3.82. The van der Waals surface area contributed by atoms with Crippen molar-refractivity contribution in [3.63, 3.8) is 0 Å². The van der Waals surface area contributed by atoms with E-state index in [-0.39, 0.29) is 10.8 Å². The van der Waals surface area contributed by atoms with E-state index in [9.17, 15) is 0 Å². The lowest BCUT2D eigenvalue weighted by Crippen LogP contribution is -2.15. The van der Waals surface area contributed by atoms with E-state index < -0.39 is 0 Å². The molecule has 96 heavy (non-hydrogen) atoms. The van der Waals surface area contributed by atoms with Gasteiger partial charge in [-0.1, -0.05) is 246 Å². The minimum atomic E-state index is -0.145. The van der Waals surface area contributed by atoms with Crippen molar-refractivity contribution in [2.75, 3.05) is 0 Å². The predicted octanol–water partition coefficient (Wildman–Crippen LogP) is 27.2. The molecule has 0 unspecified atom stereocenters. The zero-order chi connectivity index (χ0) is 64.3. The SMILES string of the molecule is C/C(=C\C=C/Cc1ccc2ccc(-c3ccc4c(c3)sc3ccc5cc6c(cc5c34)C(C)(C)c3ccc(-c4c5ccccc5cc5ccccc45)cc3-6)cc2c1)c1c2ccccc2c(/C(C)=C/C=C2\Cc3cc4cc5c(cc4cc3C2(C)C)sc2ccccc25)c2ccccc12. The number of allylic oxidation sites excluding steroid dienone is 8. The molecule has 0 atom stereocenters. The summed E-state index contributed by atoms with van der Waals surface area (Å²) in [6, 6.07) is 94.9. The lowest BCUT2D eigenvalue weighted by atomic mass is 9.81. The van der Waals surface area contributed by atoms with Crippen LogP contribution in [0.15, 0.2) is 285 Å². The number of rotatable bonds is 8. The van der Waals surface area contributed by atoms with Gasteiger partial charge in [0.25, 0.3) is 0 Å². The Kier molecular flexibility index (Phi) is 12.8. The highest BCUT2D eigenvalue weighted by Gasteiger charge is 2.37. The summed E-state index contributed by atoms with van der Waals surface area (Å²) < 4.78 is 5.38. The largest absolute Gasteiger partial charge is 0.135 e. The van der Waals surface area contributed by atoms with Crippen molar-refractivity contribution in [2.24, 2.45) is 0 Å². The Bertz CT molecular complexity index is 6290. The van der Waals surface area contributed by atoms with Crippen LogP contribution in [0.4, 0.5) is 0 Å². The zero-order valence-corrected chi connectivity index (χ0v) is 56.4. The number of hydrogen-bond donors (Lipinski definition) is 0. The first-order valence-corrected chi connectivity index (χ1v) is 35.6. The molecule has 0 aliphatic heterocycles. The number of benzene rings is 15. The normalized spacial score (nSPS) is 15.0. The molecule has 2 heterocycles. The van der Waals surface area contributed by atoms with E-state index in [2.05, 4.69) is 321 Å². The third kappa shape index (κ3) is 8.85. The molecule has 0 fully saturated rings. The van der Waals surface area contributed by atoms with Crippen molar-refractivity contribution in [3.05, 3.63) is 324 Å². The molecule has 0 spiro atoms. The van der Waals surface area contributed by atoms with Gasteiger partial charge in [0.05, 0.1) is 0 Å². The van der Waals surface area contributed by atoms with Gasteiger partial charge in [0.2, 0.25) is 0 Å². The first-order valence-electron chi connectivity index (χ1n) is 33.9. The van der Waals surface area contributed by atoms with Gasteiger partial charge in [0.15, 0.2) is 0 Å². The highest BCUT2D eigenvalue weighted by Crippen LogP contribution is 2.54. The third-order valence-corrected chi connectivity index (χ3v) is 24.3. The Morgan fingerprint density at radius 3 is 1.70 bits per heavy atom. The van der Waals surface area contributed by atoms with Crippen molar-refractivity contribution in [1.82, 2.24) is 0 Å². The predicted molar refractivity (Wildman–Crippen MR) is 421 cm³/mol. The maximum absolute atomic E-state index is 2.54. The molecule has 0 radical (unpaired) electrons. The minimum Gasteiger partial charge on any atom is -0.135 e. The minimum absolute atomic E-state index is 0.0776. The molecule has 2 aromatic heterocycles. The van der Waals surface area contributed by atoms with Crippen molar-refractivity contribution in [2.45, 2.75) is 65.2 Å². The molecule has 0 saturated heterocycles. The maximum atomic E-state index is 2.54. The van der Waals surface area contributed by atoms with Gasteiger partial charge in [-0.2, -0.15) is 0 Å². The summed E-state index contributed by atoms with van der Waals surface area (Å²) in [7, 11) is 0. The van der Waals surface area contributed by atoms with Crippen molar-refractivity contribution in [1.29, 1.82) is 0 Å². The lowest BCUT2D eigenvalue weighted by molar-refractivity contribution is 0.645. The Morgan fingerprint density at radius 1 is 0.365 bits per heavy atom. The van der Waals surface area contributed by atoms with Gasteiger partial charge >= 0.3 is 0 Å². The van der Waals surface area contributed by atoms with E-state index in [0.29, 0.717) is 0 Å². The second kappa shape index (κ2) is 21.5. The van der Waals surface area contributed by atoms with E-state index in [1.807, 2.05) is 22.7 Å². The first-order chi connectivity index (χ1) is 46.9. The Labute approximate surface area is 567 Å². The highest BCUT2D eigenvalue weighted by atomic mass is 32.1. The Hall–Kier alpha value is -10.5. The van der Waals surface area contributed by atoms with E-state index in [0.717, 1.165) is 12.8 Å². The van der Waals surface area contributed by atoms with Crippen LogP contribution in [0.25, 0.3) is 160 Å². The van der Waals surface area contributed by atoms with Crippen LogP contribution < -0.4 is 0 Å². The van der Waals surface area contributed by atoms with Gasteiger partial charge in [-0.05, 0) is 252 Å². The quantitative estimate of drug-likeness (QED) is 0.105. The van der Waals surface area contributed by atoms with Crippen molar-refractivity contribution >= 4 is 150 Å². The van der Waals surface area contributed by atoms with Crippen molar-refractivity contribution in [3.8, 4) is 33.4 Å². The number of thiophene rings is 2. The molecule has 0 saturated carbocycles. The van der Waals surface area contributed by atoms with Crippen LogP contribution in [0.1, 0.15) is 80.5 Å². The molecular weight excluding hydrogens is 1190 g/mol. The molecule has 2 aliphatic rings.